The van der Waals surface area contributed by atoms with Crippen LogP contribution in [0.4, 0.5) is 0 Å². The maximum atomic E-state index is 11.6. The number of imidazole rings is 1. The highest BCUT2D eigenvalue weighted by atomic mass is 79.9. The lowest BCUT2D eigenvalue weighted by atomic mass is 10.1. The van der Waals surface area contributed by atoms with E-state index in [-0.39, 0.29) is 5.78 Å². The third kappa shape index (κ3) is 1.93. The van der Waals surface area contributed by atoms with Crippen LogP contribution in [0.3, 0.4) is 0 Å². The van der Waals surface area contributed by atoms with Crippen molar-refractivity contribution in [2.45, 2.75) is 13.8 Å². The van der Waals surface area contributed by atoms with E-state index in [1.54, 1.807) is 13.1 Å². The predicted octanol–water partition coefficient (Wildman–Crippen LogP) is 3.15. The molecule has 0 aliphatic heterocycles. The number of hydrogen-bond acceptors (Lipinski definition) is 2. The molecule has 1 aromatic carbocycles. The molecule has 0 aliphatic rings. The Morgan fingerprint density at radius 1 is 1.44 bits per heavy atom. The molecule has 4 heteroatoms. The summed E-state index contributed by atoms with van der Waals surface area (Å²) in [6.45, 7) is 3.48. The van der Waals surface area contributed by atoms with Gasteiger partial charge in [0.1, 0.15) is 5.82 Å². The molecular weight excluding hydrogens is 268 g/mol. The number of aromatic nitrogens is 2. The lowest BCUT2D eigenvalue weighted by Crippen LogP contribution is -2.04. The zero-order chi connectivity index (χ0) is 11.7. The van der Waals surface area contributed by atoms with Crippen molar-refractivity contribution >= 4 is 21.7 Å². The molecule has 0 saturated carbocycles. The molecule has 0 aliphatic carbocycles. The standard InChI is InChI=1S/C12H11BrN2O/c1-8(16)11-7-10(13)3-4-12(11)15-6-5-14-9(15)2/h3-7H,1-2H3. The minimum atomic E-state index is 0.0457. The Balaban J connectivity index is 2.65. The molecule has 0 radical (unpaired) electrons. The molecule has 2 aromatic rings. The number of aryl methyl sites for hydroxylation is 1. The average molecular weight is 279 g/mol. The topological polar surface area (TPSA) is 34.9 Å². The van der Waals surface area contributed by atoms with Crippen molar-refractivity contribution in [2.75, 3.05) is 0 Å². The number of carbonyl (C=O) groups is 1. The van der Waals surface area contributed by atoms with Gasteiger partial charge >= 0.3 is 0 Å². The minimum Gasteiger partial charge on any atom is -0.303 e. The van der Waals surface area contributed by atoms with Crippen LogP contribution in [0.25, 0.3) is 5.69 Å². The van der Waals surface area contributed by atoms with Crippen molar-refractivity contribution in [1.82, 2.24) is 9.55 Å². The maximum absolute atomic E-state index is 11.6. The minimum absolute atomic E-state index is 0.0457. The Morgan fingerprint density at radius 3 is 2.75 bits per heavy atom. The zero-order valence-electron chi connectivity index (χ0n) is 9.07. The fourth-order valence-corrected chi connectivity index (χ4v) is 1.99. The van der Waals surface area contributed by atoms with E-state index in [9.17, 15) is 4.79 Å². The van der Waals surface area contributed by atoms with Crippen LogP contribution >= 0.6 is 15.9 Å². The smallest absolute Gasteiger partial charge is 0.161 e. The molecule has 2 rings (SSSR count). The van der Waals surface area contributed by atoms with Crippen molar-refractivity contribution in [2.24, 2.45) is 0 Å². The second-order valence-corrected chi connectivity index (χ2v) is 4.48. The molecule has 82 valence electrons. The third-order valence-electron chi connectivity index (χ3n) is 2.42. The van der Waals surface area contributed by atoms with Crippen LogP contribution in [0.15, 0.2) is 35.1 Å². The first kappa shape index (κ1) is 11.1. The number of rotatable bonds is 2. The van der Waals surface area contributed by atoms with Gasteiger partial charge in [0.25, 0.3) is 0 Å². The van der Waals surface area contributed by atoms with Crippen molar-refractivity contribution in [3.8, 4) is 5.69 Å². The SMILES string of the molecule is CC(=O)c1cc(Br)ccc1-n1ccnc1C. The van der Waals surface area contributed by atoms with Crippen LogP contribution in [-0.2, 0) is 0 Å². The van der Waals surface area contributed by atoms with Gasteiger partial charge in [-0.1, -0.05) is 15.9 Å². The van der Waals surface area contributed by atoms with Gasteiger partial charge in [0.05, 0.1) is 5.69 Å². The molecule has 0 unspecified atom stereocenters. The van der Waals surface area contributed by atoms with E-state index in [1.165, 1.54) is 0 Å². The van der Waals surface area contributed by atoms with E-state index in [4.69, 9.17) is 0 Å². The maximum Gasteiger partial charge on any atom is 0.161 e. The largest absolute Gasteiger partial charge is 0.303 e. The van der Waals surface area contributed by atoms with Crippen molar-refractivity contribution < 1.29 is 4.79 Å². The normalized spacial score (nSPS) is 10.4. The van der Waals surface area contributed by atoms with Gasteiger partial charge in [0.15, 0.2) is 5.78 Å². The summed E-state index contributed by atoms with van der Waals surface area (Å²) in [5.74, 6) is 0.911. The first-order valence-corrected chi connectivity index (χ1v) is 5.69. The van der Waals surface area contributed by atoms with Crippen molar-refractivity contribution in [3.05, 3.63) is 46.5 Å². The Hall–Kier alpha value is -1.42. The van der Waals surface area contributed by atoms with Gasteiger partial charge in [-0.25, -0.2) is 4.98 Å². The van der Waals surface area contributed by atoms with Gasteiger partial charge in [-0.05, 0) is 32.0 Å². The molecule has 0 fully saturated rings. The van der Waals surface area contributed by atoms with Crippen molar-refractivity contribution in [3.63, 3.8) is 0 Å². The molecule has 0 spiro atoms. The molecule has 0 bridgehead atoms. The van der Waals surface area contributed by atoms with E-state index >= 15 is 0 Å². The number of benzene rings is 1. The summed E-state index contributed by atoms with van der Waals surface area (Å²) in [5.41, 5.74) is 1.56. The predicted molar refractivity (Wildman–Crippen MR) is 66.0 cm³/mol. The molecule has 3 nitrogen and oxygen atoms in total. The van der Waals surface area contributed by atoms with Gasteiger partial charge in [-0.3, -0.25) is 4.79 Å². The second kappa shape index (κ2) is 4.22. The second-order valence-electron chi connectivity index (χ2n) is 3.56. The number of hydrogen-bond donors (Lipinski definition) is 0. The lowest BCUT2D eigenvalue weighted by Gasteiger charge is -2.10. The van der Waals surface area contributed by atoms with Gasteiger partial charge in [-0.15, -0.1) is 0 Å². The molecular formula is C12H11BrN2O. The average Bonchev–Trinajstić information content (AvgIpc) is 2.64. The van der Waals surface area contributed by atoms with Gasteiger partial charge in [0, 0.05) is 22.4 Å². The molecule has 0 N–H and O–H groups in total. The van der Waals surface area contributed by atoms with E-state index in [0.29, 0.717) is 5.56 Å². The summed E-state index contributed by atoms with van der Waals surface area (Å²) in [7, 11) is 0. The molecule has 1 heterocycles. The van der Waals surface area contributed by atoms with E-state index in [2.05, 4.69) is 20.9 Å². The van der Waals surface area contributed by atoms with Crippen LogP contribution < -0.4 is 0 Å². The Morgan fingerprint density at radius 2 is 2.19 bits per heavy atom. The van der Waals surface area contributed by atoms with Crippen LogP contribution in [0.2, 0.25) is 0 Å². The Kier molecular flexibility index (Phi) is 2.92. The highest BCUT2D eigenvalue weighted by Gasteiger charge is 2.10. The highest BCUT2D eigenvalue weighted by Crippen LogP contribution is 2.21. The van der Waals surface area contributed by atoms with E-state index < -0.39 is 0 Å². The molecule has 0 saturated heterocycles. The van der Waals surface area contributed by atoms with Gasteiger partial charge in [-0.2, -0.15) is 0 Å². The van der Waals surface area contributed by atoms with Crippen LogP contribution in [0.5, 0.6) is 0 Å². The summed E-state index contributed by atoms with van der Waals surface area (Å²) in [6, 6.07) is 5.66. The summed E-state index contributed by atoms with van der Waals surface area (Å²) in [5, 5.41) is 0. The monoisotopic (exact) mass is 278 g/mol. The van der Waals surface area contributed by atoms with E-state index in [0.717, 1.165) is 16.0 Å². The Labute approximate surface area is 102 Å². The summed E-state index contributed by atoms with van der Waals surface area (Å²) >= 11 is 3.37. The first-order chi connectivity index (χ1) is 7.59. The summed E-state index contributed by atoms with van der Waals surface area (Å²) in [6.07, 6.45) is 3.58. The number of halogens is 1. The summed E-state index contributed by atoms with van der Waals surface area (Å²) in [4.78, 5) is 15.7. The quantitative estimate of drug-likeness (QED) is 0.791. The third-order valence-corrected chi connectivity index (χ3v) is 2.92. The fraction of sp³-hybridized carbons (Fsp3) is 0.167. The zero-order valence-corrected chi connectivity index (χ0v) is 10.7. The number of nitrogens with zero attached hydrogens (tertiary/aromatic N) is 2. The van der Waals surface area contributed by atoms with Crippen LogP contribution in [0.1, 0.15) is 23.1 Å². The van der Waals surface area contributed by atoms with Crippen LogP contribution in [0, 0.1) is 6.92 Å². The van der Waals surface area contributed by atoms with Gasteiger partial charge < -0.3 is 4.57 Å². The first-order valence-electron chi connectivity index (χ1n) is 4.90. The van der Waals surface area contributed by atoms with E-state index in [1.807, 2.05) is 35.9 Å². The molecule has 1 aromatic heterocycles. The van der Waals surface area contributed by atoms with Crippen molar-refractivity contribution in [1.29, 1.82) is 0 Å². The summed E-state index contributed by atoms with van der Waals surface area (Å²) < 4.78 is 2.81. The Bertz CT molecular complexity index is 546. The number of ketones is 1. The van der Waals surface area contributed by atoms with Gasteiger partial charge in [0.2, 0.25) is 0 Å². The van der Waals surface area contributed by atoms with Crippen LogP contribution in [-0.4, -0.2) is 15.3 Å². The fourth-order valence-electron chi connectivity index (χ4n) is 1.63. The number of Topliss-reactive ketones (excluding diaryl/α,β-unsaturated/α-hetero) is 1. The number of carbonyl (C=O) groups excluding carboxylic acids is 1. The molecule has 0 atom stereocenters. The molecule has 0 amide bonds. The molecule has 16 heavy (non-hydrogen) atoms. The highest BCUT2D eigenvalue weighted by molar-refractivity contribution is 9.10. The lowest BCUT2D eigenvalue weighted by molar-refractivity contribution is 0.101.